The minimum absolute atomic E-state index is 0.337. The van der Waals surface area contributed by atoms with Crippen LogP contribution in [0.25, 0.3) is 0 Å². The Hall–Kier alpha value is -3.15. The van der Waals surface area contributed by atoms with Crippen molar-refractivity contribution >= 4 is 0 Å². The van der Waals surface area contributed by atoms with Crippen molar-refractivity contribution in [1.29, 1.82) is 0 Å². The Morgan fingerprint density at radius 2 is 1.00 bits per heavy atom. The van der Waals surface area contributed by atoms with Crippen LogP contribution in [0.2, 0.25) is 0 Å². The highest BCUT2D eigenvalue weighted by molar-refractivity contribution is 5.53. The van der Waals surface area contributed by atoms with Gasteiger partial charge in [0.25, 0.3) is 0 Å². The van der Waals surface area contributed by atoms with E-state index in [9.17, 15) is 28.5 Å². The van der Waals surface area contributed by atoms with Crippen LogP contribution < -0.4 is 0 Å². The first-order valence-electron chi connectivity index (χ1n) is 7.70. The van der Waals surface area contributed by atoms with E-state index in [1.165, 1.54) is 24.3 Å². The molecule has 0 saturated carbocycles. The normalized spacial score (nSPS) is 11.5. The standard InChI is InChI=1S/C20H15F3O3/c1-20(11-3-6-17(24)15(22)8-11,12-4-7-18(25)16(23)9-12)13-2-5-14(21)19(26)10-13/h2-10,24-26H,1H3. The SMILES string of the molecule is CC(c1ccc(F)c(O)c1)(c1ccc(O)c(F)c1)c1ccc(O)c(F)c1. The lowest BCUT2D eigenvalue weighted by Crippen LogP contribution is -2.25. The van der Waals surface area contributed by atoms with Crippen molar-refractivity contribution < 1.29 is 28.5 Å². The van der Waals surface area contributed by atoms with Crippen molar-refractivity contribution in [2.24, 2.45) is 0 Å². The summed E-state index contributed by atoms with van der Waals surface area (Å²) in [5, 5.41) is 28.7. The van der Waals surface area contributed by atoms with Crippen molar-refractivity contribution in [3.63, 3.8) is 0 Å². The fourth-order valence-electron chi connectivity index (χ4n) is 2.96. The summed E-state index contributed by atoms with van der Waals surface area (Å²) in [6.07, 6.45) is 0. The van der Waals surface area contributed by atoms with Gasteiger partial charge in [-0.05, 0) is 60.0 Å². The number of benzene rings is 3. The van der Waals surface area contributed by atoms with E-state index in [4.69, 9.17) is 0 Å². The highest BCUT2D eigenvalue weighted by Gasteiger charge is 2.33. The molecule has 0 atom stereocenters. The smallest absolute Gasteiger partial charge is 0.165 e. The third kappa shape index (κ3) is 2.83. The molecular weight excluding hydrogens is 345 g/mol. The van der Waals surface area contributed by atoms with Gasteiger partial charge in [0, 0.05) is 5.41 Å². The lowest BCUT2D eigenvalue weighted by Gasteiger charge is -2.32. The van der Waals surface area contributed by atoms with Gasteiger partial charge in [-0.2, -0.15) is 0 Å². The molecule has 0 aromatic heterocycles. The van der Waals surface area contributed by atoms with Crippen molar-refractivity contribution in [2.75, 3.05) is 0 Å². The van der Waals surface area contributed by atoms with E-state index >= 15 is 0 Å². The molecule has 3 aromatic rings. The highest BCUT2D eigenvalue weighted by atomic mass is 19.1. The highest BCUT2D eigenvalue weighted by Crippen LogP contribution is 2.42. The molecular formula is C20H15F3O3. The third-order valence-electron chi connectivity index (χ3n) is 4.57. The van der Waals surface area contributed by atoms with Crippen molar-refractivity contribution in [3.05, 3.63) is 88.7 Å². The molecule has 6 heteroatoms. The molecule has 3 rings (SSSR count). The lowest BCUT2D eigenvalue weighted by atomic mass is 9.71. The van der Waals surface area contributed by atoms with Crippen molar-refractivity contribution in [3.8, 4) is 17.2 Å². The van der Waals surface area contributed by atoms with Crippen LogP contribution >= 0.6 is 0 Å². The molecule has 0 aliphatic rings. The molecule has 0 aliphatic carbocycles. The maximum atomic E-state index is 14.0. The molecule has 0 aliphatic heterocycles. The predicted molar refractivity (Wildman–Crippen MR) is 89.8 cm³/mol. The Kier molecular flexibility index (Phi) is 4.28. The first-order valence-corrected chi connectivity index (χ1v) is 7.70. The Labute approximate surface area is 147 Å². The van der Waals surface area contributed by atoms with Gasteiger partial charge < -0.3 is 15.3 Å². The summed E-state index contributed by atoms with van der Waals surface area (Å²) < 4.78 is 41.4. The Bertz CT molecular complexity index is 861. The minimum Gasteiger partial charge on any atom is -0.505 e. The Morgan fingerprint density at radius 3 is 1.42 bits per heavy atom. The molecule has 26 heavy (non-hydrogen) atoms. The zero-order valence-electron chi connectivity index (χ0n) is 13.7. The fraction of sp³-hybridized carbons (Fsp3) is 0.100. The van der Waals surface area contributed by atoms with Crippen molar-refractivity contribution in [1.82, 2.24) is 0 Å². The second-order valence-electron chi connectivity index (χ2n) is 6.12. The van der Waals surface area contributed by atoms with Crippen LogP contribution in [0.4, 0.5) is 13.2 Å². The van der Waals surface area contributed by atoms with E-state index in [-0.39, 0.29) is 0 Å². The van der Waals surface area contributed by atoms with E-state index in [0.29, 0.717) is 16.7 Å². The van der Waals surface area contributed by atoms with E-state index in [1.54, 1.807) is 6.92 Å². The first kappa shape index (κ1) is 17.7. The summed E-state index contributed by atoms with van der Waals surface area (Å²) in [6, 6.07) is 11.0. The molecule has 3 N–H and O–H groups in total. The topological polar surface area (TPSA) is 60.7 Å². The van der Waals surface area contributed by atoms with Crippen LogP contribution in [0.5, 0.6) is 17.2 Å². The number of hydrogen-bond acceptors (Lipinski definition) is 3. The summed E-state index contributed by atoms with van der Waals surface area (Å²) in [6.45, 7) is 1.64. The van der Waals surface area contributed by atoms with E-state index in [2.05, 4.69) is 0 Å². The van der Waals surface area contributed by atoms with Gasteiger partial charge >= 0.3 is 0 Å². The maximum absolute atomic E-state index is 14.0. The zero-order chi connectivity index (χ0) is 19.1. The van der Waals surface area contributed by atoms with Crippen LogP contribution in [0, 0.1) is 17.5 Å². The summed E-state index contributed by atoms with van der Waals surface area (Å²) in [5.74, 6) is -4.28. The molecule has 134 valence electrons. The molecule has 0 saturated heterocycles. The minimum atomic E-state index is -1.20. The number of rotatable bonds is 3. The van der Waals surface area contributed by atoms with E-state index < -0.39 is 40.1 Å². The first-order chi connectivity index (χ1) is 12.2. The zero-order valence-corrected chi connectivity index (χ0v) is 13.7. The number of hydrogen-bond donors (Lipinski definition) is 3. The fourth-order valence-corrected chi connectivity index (χ4v) is 2.96. The number of phenolic OH excluding ortho intramolecular Hbond substituents is 3. The Balaban J connectivity index is 2.31. The second-order valence-corrected chi connectivity index (χ2v) is 6.12. The third-order valence-corrected chi connectivity index (χ3v) is 4.57. The van der Waals surface area contributed by atoms with Crippen LogP contribution in [0.1, 0.15) is 23.6 Å². The lowest BCUT2D eigenvalue weighted by molar-refractivity contribution is 0.426. The van der Waals surface area contributed by atoms with Gasteiger partial charge in [0.2, 0.25) is 0 Å². The molecule has 3 aromatic carbocycles. The summed E-state index contributed by atoms with van der Waals surface area (Å²) >= 11 is 0. The maximum Gasteiger partial charge on any atom is 0.165 e. The van der Waals surface area contributed by atoms with Gasteiger partial charge in [0.1, 0.15) is 0 Å². The second kappa shape index (κ2) is 6.29. The average Bonchev–Trinajstić information content (AvgIpc) is 2.61. The van der Waals surface area contributed by atoms with Crippen LogP contribution in [0.15, 0.2) is 54.6 Å². The van der Waals surface area contributed by atoms with Crippen LogP contribution in [-0.4, -0.2) is 15.3 Å². The molecule has 0 bridgehead atoms. The monoisotopic (exact) mass is 360 g/mol. The summed E-state index contributed by atoms with van der Waals surface area (Å²) in [7, 11) is 0. The van der Waals surface area contributed by atoms with E-state index in [0.717, 1.165) is 30.3 Å². The molecule has 0 heterocycles. The Morgan fingerprint density at radius 1 is 0.577 bits per heavy atom. The van der Waals surface area contributed by atoms with Gasteiger partial charge in [0.05, 0.1) is 0 Å². The molecule has 0 fully saturated rings. The average molecular weight is 360 g/mol. The predicted octanol–water partition coefficient (Wildman–Crippen LogP) is 4.58. The molecule has 0 amide bonds. The van der Waals surface area contributed by atoms with Crippen LogP contribution in [-0.2, 0) is 5.41 Å². The molecule has 0 spiro atoms. The van der Waals surface area contributed by atoms with Crippen LogP contribution in [0.3, 0.4) is 0 Å². The van der Waals surface area contributed by atoms with Gasteiger partial charge in [-0.15, -0.1) is 0 Å². The van der Waals surface area contributed by atoms with Gasteiger partial charge in [0.15, 0.2) is 34.7 Å². The van der Waals surface area contributed by atoms with Gasteiger partial charge in [-0.25, -0.2) is 13.2 Å². The number of phenols is 3. The van der Waals surface area contributed by atoms with E-state index in [1.807, 2.05) is 0 Å². The van der Waals surface area contributed by atoms with Gasteiger partial charge in [-0.3, -0.25) is 0 Å². The van der Waals surface area contributed by atoms with Gasteiger partial charge in [-0.1, -0.05) is 18.2 Å². The summed E-state index contributed by atoms with van der Waals surface area (Å²) in [5.41, 5.74) is -0.159. The quantitative estimate of drug-likeness (QED) is 0.600. The molecule has 3 nitrogen and oxygen atoms in total. The molecule has 0 radical (unpaired) electrons. The molecule has 0 unspecified atom stereocenters. The number of halogens is 3. The van der Waals surface area contributed by atoms with Crippen molar-refractivity contribution in [2.45, 2.75) is 12.3 Å². The number of aromatic hydroxyl groups is 3. The largest absolute Gasteiger partial charge is 0.505 e. The summed E-state index contributed by atoms with van der Waals surface area (Å²) in [4.78, 5) is 0.